The van der Waals surface area contributed by atoms with Gasteiger partial charge in [-0.2, -0.15) is 0 Å². The van der Waals surface area contributed by atoms with Gasteiger partial charge in [-0.25, -0.2) is 4.21 Å². The van der Waals surface area contributed by atoms with Crippen molar-refractivity contribution in [1.29, 1.82) is 0 Å². The summed E-state index contributed by atoms with van der Waals surface area (Å²) in [6.07, 6.45) is 0. The van der Waals surface area contributed by atoms with Gasteiger partial charge in [0.15, 0.2) is 0 Å². The third-order valence-corrected chi connectivity index (χ3v) is 0.185. The highest BCUT2D eigenvalue weighted by atomic mass is 32.2. The summed E-state index contributed by atoms with van der Waals surface area (Å²) in [6, 6.07) is 0. The standard InChI is InChI=1S/F2HNOS/c1-3(2)5-4/h5H. The van der Waals surface area contributed by atoms with E-state index in [1.165, 1.54) is 0 Å². The molecule has 0 saturated heterocycles. The molecule has 0 aliphatic carbocycles. The molecule has 0 spiro atoms. The Morgan fingerprint density at radius 2 is 1.80 bits per heavy atom. The zero-order valence-electron chi connectivity index (χ0n) is 2.06. The number of nitrogens with zero attached hydrogens (tertiary/aromatic N) is 1. The average molecular weight is 101 g/mol. The molecule has 0 N–H and O–H groups in total. The molecular weight excluding hydrogens is 100 g/mol. The summed E-state index contributed by atoms with van der Waals surface area (Å²) < 4.78 is 27.9. The van der Waals surface area contributed by atoms with Crippen molar-refractivity contribution in [3.8, 4) is 0 Å². The first-order valence-electron chi connectivity index (χ1n) is 0.721. The molecule has 0 bridgehead atoms. The van der Waals surface area contributed by atoms with E-state index in [2.05, 4.69) is 0 Å². The molecule has 0 unspecified atom stereocenters. The predicted molar refractivity (Wildman–Crippen MR) is 13.6 cm³/mol. The number of hydrogen-bond donors (Lipinski definition) is 1. The zero-order chi connectivity index (χ0) is 4.28. The van der Waals surface area contributed by atoms with Crippen molar-refractivity contribution in [2.45, 2.75) is 0 Å². The maximum atomic E-state index is 10.3. The lowest BCUT2D eigenvalue weighted by Crippen LogP contribution is -1.85. The topological polar surface area (TPSA) is 20.3 Å². The third-order valence-electron chi connectivity index (χ3n) is 0.0617. The summed E-state index contributed by atoms with van der Waals surface area (Å²) in [5, 5.41) is 0. The van der Waals surface area contributed by atoms with Crippen LogP contribution in [0.25, 0.3) is 0 Å². The molecule has 0 atom stereocenters. The van der Waals surface area contributed by atoms with Gasteiger partial charge in [-0.1, -0.05) is 8.96 Å². The molecule has 0 saturated carbocycles. The molecule has 0 aliphatic heterocycles. The van der Waals surface area contributed by atoms with Crippen molar-refractivity contribution in [3.63, 3.8) is 0 Å². The van der Waals surface area contributed by atoms with E-state index in [4.69, 9.17) is 4.21 Å². The molecule has 0 aromatic heterocycles. The highest BCUT2D eigenvalue weighted by molar-refractivity contribution is 7.62. The van der Waals surface area contributed by atoms with Crippen LogP contribution in [0.4, 0.5) is 8.96 Å². The van der Waals surface area contributed by atoms with Gasteiger partial charge in [0.25, 0.3) is 0 Å². The van der Waals surface area contributed by atoms with E-state index in [0.29, 0.717) is 0 Å². The van der Waals surface area contributed by atoms with E-state index in [1.54, 1.807) is 0 Å². The summed E-state index contributed by atoms with van der Waals surface area (Å²) in [5.74, 6) is 0. The lowest BCUT2D eigenvalue weighted by atomic mass is 13.6. The minimum Gasteiger partial charge on any atom is -0.241 e. The Bertz CT molecular complexity index is 36.6. The van der Waals surface area contributed by atoms with Gasteiger partial charge in [-0.15, -0.1) is 0 Å². The lowest BCUT2D eigenvalue weighted by molar-refractivity contribution is -0.0433. The zero-order valence-corrected chi connectivity index (χ0v) is 2.95. The third kappa shape index (κ3) is 3.97. The molecule has 0 rings (SSSR count). The van der Waals surface area contributed by atoms with E-state index < -0.39 is 16.6 Å². The molecular formula is HF2NOS. The van der Waals surface area contributed by atoms with Crippen molar-refractivity contribution in [2.75, 3.05) is 0 Å². The molecule has 0 radical (unpaired) electrons. The van der Waals surface area contributed by atoms with Gasteiger partial charge in [0, 0.05) is 0 Å². The van der Waals surface area contributed by atoms with Crippen LogP contribution in [0.2, 0.25) is 0 Å². The predicted octanol–water partition coefficient (Wildman–Crippen LogP) is -0.0823. The summed E-state index contributed by atoms with van der Waals surface area (Å²) in [6.45, 7) is 0. The van der Waals surface area contributed by atoms with Crippen molar-refractivity contribution >= 4 is 11.9 Å². The quantitative estimate of drug-likeness (QED) is 0.361. The van der Waals surface area contributed by atoms with Crippen molar-refractivity contribution in [3.05, 3.63) is 0 Å². The van der Waals surface area contributed by atoms with Crippen LogP contribution in [-0.4, -0.2) is 8.96 Å². The normalized spacial score (nSPS) is 9.40. The first-order chi connectivity index (χ1) is 2.27. The number of rotatable bonds is 1. The fourth-order valence-electron chi connectivity index (χ4n) is 0. The number of halogens is 2. The largest absolute Gasteiger partial charge is 0.241 e. The summed E-state index contributed by atoms with van der Waals surface area (Å²) in [4.78, 5) is 0. The molecule has 5 heteroatoms. The van der Waals surface area contributed by atoms with E-state index in [1.807, 2.05) is 0 Å². The van der Waals surface area contributed by atoms with Gasteiger partial charge in [0.2, 0.25) is 0 Å². The van der Waals surface area contributed by atoms with E-state index in [9.17, 15) is 8.96 Å². The molecule has 0 aromatic carbocycles. The average Bonchev–Trinajstić information content (AvgIpc) is 1.38. The Morgan fingerprint density at radius 3 is 1.80 bits per heavy atom. The molecule has 5 heavy (non-hydrogen) atoms. The fourth-order valence-corrected chi connectivity index (χ4v) is 0. The van der Waals surface area contributed by atoms with Crippen LogP contribution < -0.4 is 0 Å². The maximum Gasteiger partial charge on any atom is 0.142 e. The Hall–Kier alpha value is -0.0300. The molecule has 0 aliphatic rings. The first kappa shape index (κ1) is 4.97. The number of thiol groups is 1. The Balaban J connectivity index is 2.83. The second-order valence-corrected chi connectivity index (χ2v) is 0.762. The minimum absolute atomic E-state index is 1.25. The van der Waals surface area contributed by atoms with Gasteiger partial charge < -0.3 is 0 Å². The van der Waals surface area contributed by atoms with Crippen LogP contribution >= 0.6 is 0 Å². The minimum atomic E-state index is -1.46. The molecule has 32 valence electrons. The van der Waals surface area contributed by atoms with Crippen molar-refractivity contribution in [1.82, 2.24) is 4.75 Å². The Kier molecular flexibility index (Phi) is 2.21. The fraction of sp³-hybridized carbons (Fsp3) is 0. The monoisotopic (exact) mass is 101 g/mol. The maximum absolute atomic E-state index is 10.3. The Labute approximate surface area is 30.9 Å². The van der Waals surface area contributed by atoms with E-state index in [-0.39, 0.29) is 0 Å². The molecule has 0 amide bonds. The van der Waals surface area contributed by atoms with Crippen LogP contribution in [0, 0.1) is 0 Å². The van der Waals surface area contributed by atoms with E-state index >= 15 is 0 Å². The smallest absolute Gasteiger partial charge is 0.142 e. The SMILES string of the molecule is O=[SH]N(F)F. The highest BCUT2D eigenvalue weighted by Crippen LogP contribution is 1.79. The lowest BCUT2D eigenvalue weighted by Gasteiger charge is -1.74. The van der Waals surface area contributed by atoms with Crippen LogP contribution in [0.5, 0.6) is 0 Å². The van der Waals surface area contributed by atoms with Crippen molar-refractivity contribution in [2.24, 2.45) is 0 Å². The molecule has 2 nitrogen and oxygen atoms in total. The van der Waals surface area contributed by atoms with Gasteiger partial charge in [-0.05, 0) is 0 Å². The van der Waals surface area contributed by atoms with Gasteiger partial charge in [0.1, 0.15) is 16.6 Å². The molecule has 0 fully saturated rings. The van der Waals surface area contributed by atoms with Crippen molar-refractivity contribution < 1.29 is 13.2 Å². The second kappa shape index (κ2) is 2.22. The summed E-state index contributed by atoms with van der Waals surface area (Å²) in [5.41, 5.74) is 0. The van der Waals surface area contributed by atoms with Gasteiger partial charge >= 0.3 is 0 Å². The van der Waals surface area contributed by atoms with Crippen LogP contribution in [0.1, 0.15) is 0 Å². The van der Waals surface area contributed by atoms with Crippen LogP contribution in [0.15, 0.2) is 0 Å². The van der Waals surface area contributed by atoms with Gasteiger partial charge in [-0.3, -0.25) is 0 Å². The highest BCUT2D eigenvalue weighted by Gasteiger charge is 1.84. The molecule has 0 aromatic rings. The van der Waals surface area contributed by atoms with Gasteiger partial charge in [0.05, 0.1) is 0 Å². The molecule has 0 heterocycles. The first-order valence-corrected chi connectivity index (χ1v) is 1.49. The van der Waals surface area contributed by atoms with Crippen LogP contribution in [0.3, 0.4) is 0 Å². The second-order valence-electron chi connectivity index (χ2n) is 0.297. The van der Waals surface area contributed by atoms with E-state index in [0.717, 1.165) is 0 Å². The number of hydrogen-bond acceptors (Lipinski definition) is 1. The Morgan fingerprint density at radius 1 is 1.60 bits per heavy atom. The summed E-state index contributed by atoms with van der Waals surface area (Å²) >= 11 is -1.25. The van der Waals surface area contributed by atoms with Crippen LogP contribution in [-0.2, 0) is 11.9 Å². The summed E-state index contributed by atoms with van der Waals surface area (Å²) in [7, 11) is 0.